The Bertz CT molecular complexity index is 508. The first kappa shape index (κ1) is 16.6. The van der Waals surface area contributed by atoms with Crippen LogP contribution in [-0.2, 0) is 4.74 Å². The van der Waals surface area contributed by atoms with Crippen molar-refractivity contribution in [2.24, 2.45) is 0 Å². The Kier molecular flexibility index (Phi) is 5.33. The van der Waals surface area contributed by atoms with Gasteiger partial charge in [0.2, 0.25) is 0 Å². The molecule has 3 nitrogen and oxygen atoms in total. The molecule has 2 aliphatic rings. The highest BCUT2D eigenvalue weighted by Gasteiger charge is 2.37. The number of nitrogens with one attached hydrogen (secondary N) is 1. The van der Waals surface area contributed by atoms with Crippen molar-refractivity contribution < 1.29 is 4.74 Å². The van der Waals surface area contributed by atoms with Crippen LogP contribution < -0.4 is 10.2 Å². The van der Waals surface area contributed by atoms with Crippen molar-refractivity contribution in [2.75, 3.05) is 31.6 Å². The monoisotopic (exact) mass is 386 g/mol. The van der Waals surface area contributed by atoms with Crippen LogP contribution in [0.4, 0.5) is 5.69 Å². The molecule has 1 N–H and O–H groups in total. The van der Waals surface area contributed by atoms with Crippen LogP contribution in [-0.4, -0.2) is 38.4 Å². The van der Waals surface area contributed by atoms with Gasteiger partial charge >= 0.3 is 0 Å². The normalized spacial score (nSPS) is 21.7. The average Bonchev–Trinajstić information content (AvgIpc) is 2.50. The van der Waals surface area contributed by atoms with Crippen LogP contribution in [0.15, 0.2) is 22.7 Å². The predicted octanol–water partition coefficient (Wildman–Crippen LogP) is 4.23. The summed E-state index contributed by atoms with van der Waals surface area (Å²) in [5.74, 6) is 0. The molecule has 0 unspecified atom stereocenters. The highest BCUT2D eigenvalue weighted by atomic mass is 79.9. The summed E-state index contributed by atoms with van der Waals surface area (Å²) in [6.07, 6.45) is 6.01. The number of piperidine rings is 1. The minimum Gasteiger partial charge on any atom is -0.377 e. The molecular formula is C17H24BrClN2O. The molecular weight excluding hydrogens is 364 g/mol. The Morgan fingerprint density at radius 3 is 2.68 bits per heavy atom. The van der Waals surface area contributed by atoms with Crippen LogP contribution in [0.2, 0.25) is 5.02 Å². The molecule has 0 atom stereocenters. The van der Waals surface area contributed by atoms with Crippen molar-refractivity contribution in [3.05, 3.63) is 27.7 Å². The number of nitrogens with zero attached hydrogens (tertiary/aromatic N) is 1. The van der Waals surface area contributed by atoms with Gasteiger partial charge in [0.05, 0.1) is 16.3 Å². The Morgan fingerprint density at radius 2 is 2.09 bits per heavy atom. The standard InChI is InChI=1S/C17H24BrClN2O/c1-22-17(8-3-9-17)12-20-13-6-10-21(11-7-13)15-5-2-4-14(18)16(15)19/h2,4-5,13,20H,3,6-12H2,1H3. The maximum Gasteiger partial charge on any atom is 0.0802 e. The minimum atomic E-state index is 0.116. The van der Waals surface area contributed by atoms with Crippen LogP contribution in [0, 0.1) is 0 Å². The second-order valence-corrected chi connectivity index (χ2v) is 7.69. The first-order valence-corrected chi connectivity index (χ1v) is 9.28. The number of anilines is 1. The number of ether oxygens (including phenoxy) is 1. The van der Waals surface area contributed by atoms with Gasteiger partial charge in [0, 0.05) is 37.3 Å². The molecule has 1 heterocycles. The van der Waals surface area contributed by atoms with Crippen LogP contribution in [0.25, 0.3) is 0 Å². The molecule has 22 heavy (non-hydrogen) atoms. The number of methoxy groups -OCH3 is 1. The van der Waals surface area contributed by atoms with Crippen molar-refractivity contribution in [1.29, 1.82) is 0 Å². The molecule has 0 radical (unpaired) electrons. The fourth-order valence-corrected chi connectivity index (χ4v) is 4.02. The van der Waals surface area contributed by atoms with Gasteiger partial charge in [-0.25, -0.2) is 0 Å². The van der Waals surface area contributed by atoms with E-state index in [1.165, 1.54) is 19.3 Å². The molecule has 1 aromatic rings. The zero-order chi connectivity index (χ0) is 15.6. The quantitative estimate of drug-likeness (QED) is 0.818. The van der Waals surface area contributed by atoms with Crippen molar-refractivity contribution in [1.82, 2.24) is 5.32 Å². The van der Waals surface area contributed by atoms with E-state index in [9.17, 15) is 0 Å². The fraction of sp³-hybridized carbons (Fsp3) is 0.647. The average molecular weight is 388 g/mol. The molecule has 1 aromatic carbocycles. The Hall–Kier alpha value is -0.290. The number of benzene rings is 1. The van der Waals surface area contributed by atoms with Crippen molar-refractivity contribution in [3.63, 3.8) is 0 Å². The van der Waals surface area contributed by atoms with Crippen molar-refractivity contribution >= 4 is 33.2 Å². The highest BCUT2D eigenvalue weighted by molar-refractivity contribution is 9.10. The Morgan fingerprint density at radius 1 is 1.36 bits per heavy atom. The lowest BCUT2D eigenvalue weighted by atomic mass is 9.79. The van der Waals surface area contributed by atoms with E-state index in [0.29, 0.717) is 6.04 Å². The lowest BCUT2D eigenvalue weighted by molar-refractivity contribution is -0.0711. The fourth-order valence-electron chi connectivity index (χ4n) is 3.42. The van der Waals surface area contributed by atoms with Gasteiger partial charge in [-0.3, -0.25) is 0 Å². The van der Waals surface area contributed by atoms with Crippen molar-refractivity contribution in [2.45, 2.75) is 43.7 Å². The van der Waals surface area contributed by atoms with E-state index in [2.05, 4.69) is 38.3 Å². The predicted molar refractivity (Wildman–Crippen MR) is 96.0 cm³/mol. The summed E-state index contributed by atoms with van der Waals surface area (Å²) in [7, 11) is 1.85. The van der Waals surface area contributed by atoms with Crippen LogP contribution in [0.5, 0.6) is 0 Å². The molecule has 1 saturated heterocycles. The van der Waals surface area contributed by atoms with E-state index in [0.717, 1.165) is 47.7 Å². The third-order valence-corrected chi connectivity index (χ3v) is 6.46. The molecule has 0 amide bonds. The summed E-state index contributed by atoms with van der Waals surface area (Å²) in [6.45, 7) is 3.09. The first-order chi connectivity index (χ1) is 10.6. The van der Waals surface area contributed by atoms with Gasteiger partial charge in [-0.1, -0.05) is 17.7 Å². The van der Waals surface area contributed by atoms with Crippen LogP contribution >= 0.6 is 27.5 Å². The second kappa shape index (κ2) is 7.08. The molecule has 2 fully saturated rings. The van der Waals surface area contributed by atoms with E-state index < -0.39 is 0 Å². The number of halogens is 2. The van der Waals surface area contributed by atoms with Gasteiger partial charge in [0.15, 0.2) is 0 Å². The third-order valence-electron chi connectivity index (χ3n) is 5.18. The largest absolute Gasteiger partial charge is 0.377 e. The zero-order valence-electron chi connectivity index (χ0n) is 13.1. The molecule has 122 valence electrons. The molecule has 0 bridgehead atoms. The van der Waals surface area contributed by atoms with E-state index in [-0.39, 0.29) is 5.60 Å². The topological polar surface area (TPSA) is 24.5 Å². The molecule has 5 heteroatoms. The molecule has 1 aliphatic carbocycles. The van der Waals surface area contributed by atoms with Crippen LogP contribution in [0.1, 0.15) is 32.1 Å². The van der Waals surface area contributed by atoms with E-state index in [1.807, 2.05) is 13.2 Å². The molecule has 0 aromatic heterocycles. The molecule has 0 spiro atoms. The number of rotatable bonds is 5. The summed E-state index contributed by atoms with van der Waals surface area (Å²) in [5.41, 5.74) is 1.26. The van der Waals surface area contributed by atoms with E-state index >= 15 is 0 Å². The van der Waals surface area contributed by atoms with Gasteiger partial charge < -0.3 is 15.0 Å². The van der Waals surface area contributed by atoms with Gasteiger partial charge in [0.1, 0.15) is 0 Å². The first-order valence-electron chi connectivity index (χ1n) is 8.11. The third kappa shape index (κ3) is 3.45. The Balaban J connectivity index is 1.51. The lowest BCUT2D eigenvalue weighted by Gasteiger charge is -2.42. The maximum absolute atomic E-state index is 6.41. The molecule has 1 aliphatic heterocycles. The van der Waals surface area contributed by atoms with Gasteiger partial charge in [-0.15, -0.1) is 0 Å². The molecule has 3 rings (SSSR count). The summed E-state index contributed by atoms with van der Waals surface area (Å²) < 4.78 is 6.66. The minimum absolute atomic E-state index is 0.116. The SMILES string of the molecule is COC1(CNC2CCN(c3cccc(Br)c3Cl)CC2)CCC1. The van der Waals surface area contributed by atoms with Gasteiger partial charge in [-0.2, -0.15) is 0 Å². The van der Waals surface area contributed by atoms with Gasteiger partial charge in [-0.05, 0) is 60.2 Å². The number of hydrogen-bond acceptors (Lipinski definition) is 3. The highest BCUT2D eigenvalue weighted by Crippen LogP contribution is 2.35. The van der Waals surface area contributed by atoms with E-state index in [4.69, 9.17) is 16.3 Å². The van der Waals surface area contributed by atoms with Crippen molar-refractivity contribution in [3.8, 4) is 0 Å². The Labute approximate surface area is 146 Å². The van der Waals surface area contributed by atoms with Crippen LogP contribution in [0.3, 0.4) is 0 Å². The summed E-state index contributed by atoms with van der Waals surface area (Å²) in [5, 5.41) is 4.54. The summed E-state index contributed by atoms with van der Waals surface area (Å²) >= 11 is 9.92. The summed E-state index contributed by atoms with van der Waals surface area (Å²) in [4.78, 5) is 2.39. The zero-order valence-corrected chi connectivity index (χ0v) is 15.4. The lowest BCUT2D eigenvalue weighted by Crippen LogP contribution is -2.52. The second-order valence-electron chi connectivity index (χ2n) is 6.46. The van der Waals surface area contributed by atoms with Gasteiger partial charge in [0.25, 0.3) is 0 Å². The number of hydrogen-bond donors (Lipinski definition) is 1. The smallest absolute Gasteiger partial charge is 0.0802 e. The molecule has 1 saturated carbocycles. The summed E-state index contributed by atoms with van der Waals surface area (Å²) in [6, 6.07) is 6.74. The van der Waals surface area contributed by atoms with E-state index in [1.54, 1.807) is 0 Å². The maximum atomic E-state index is 6.41.